The Bertz CT molecular complexity index is 599. The van der Waals surface area contributed by atoms with Gasteiger partial charge in [-0.05, 0) is 48.6 Å². The highest BCUT2D eigenvalue weighted by atomic mass is 32.1. The van der Waals surface area contributed by atoms with Crippen LogP contribution in [0.5, 0.6) is 5.75 Å². The summed E-state index contributed by atoms with van der Waals surface area (Å²) in [5.41, 5.74) is 2.16. The molecular formula is C16H17FO2S. The van der Waals surface area contributed by atoms with Gasteiger partial charge in [0.2, 0.25) is 0 Å². The largest absolute Gasteiger partial charge is 0.494 e. The van der Waals surface area contributed by atoms with Crippen LogP contribution in [-0.2, 0) is 19.3 Å². The second-order valence-electron chi connectivity index (χ2n) is 5.14. The quantitative estimate of drug-likeness (QED) is 0.932. The highest BCUT2D eigenvalue weighted by Crippen LogP contribution is 2.35. The summed E-state index contributed by atoms with van der Waals surface area (Å²) >= 11 is 1.69. The minimum absolute atomic E-state index is 0.235. The van der Waals surface area contributed by atoms with Crippen molar-refractivity contribution in [3.05, 3.63) is 51.0 Å². The number of fused-ring (bicyclic) bond motifs is 1. The van der Waals surface area contributed by atoms with Crippen molar-refractivity contribution in [2.24, 2.45) is 0 Å². The summed E-state index contributed by atoms with van der Waals surface area (Å²) < 4.78 is 18.5. The molecular weight excluding hydrogens is 275 g/mol. The molecule has 1 aromatic carbocycles. The molecule has 0 saturated carbocycles. The fraction of sp³-hybridized carbons (Fsp3) is 0.375. The van der Waals surface area contributed by atoms with Gasteiger partial charge in [0.25, 0.3) is 0 Å². The maximum Gasteiger partial charge on any atom is 0.165 e. The number of aliphatic hydroxyl groups excluding tert-OH is 1. The maximum atomic E-state index is 13.6. The van der Waals surface area contributed by atoms with Gasteiger partial charge in [-0.3, -0.25) is 0 Å². The van der Waals surface area contributed by atoms with E-state index in [1.807, 2.05) is 0 Å². The van der Waals surface area contributed by atoms with Gasteiger partial charge < -0.3 is 9.84 Å². The zero-order valence-electron chi connectivity index (χ0n) is 11.4. The Hall–Kier alpha value is -1.39. The summed E-state index contributed by atoms with van der Waals surface area (Å²) in [7, 11) is 1.44. The molecule has 3 rings (SSSR count). The van der Waals surface area contributed by atoms with E-state index in [0.717, 1.165) is 23.3 Å². The first-order valence-electron chi connectivity index (χ1n) is 6.79. The minimum Gasteiger partial charge on any atom is -0.494 e. The van der Waals surface area contributed by atoms with Gasteiger partial charge in [0, 0.05) is 16.2 Å². The van der Waals surface area contributed by atoms with Gasteiger partial charge in [-0.2, -0.15) is 0 Å². The number of hydrogen-bond acceptors (Lipinski definition) is 3. The molecule has 2 nitrogen and oxygen atoms in total. The lowest BCUT2D eigenvalue weighted by Gasteiger charge is -2.10. The predicted octanol–water partition coefficient (Wildman–Crippen LogP) is 3.66. The molecule has 0 aliphatic heterocycles. The van der Waals surface area contributed by atoms with Crippen LogP contribution in [0.4, 0.5) is 4.39 Å². The first kappa shape index (κ1) is 13.6. The van der Waals surface area contributed by atoms with E-state index < -0.39 is 6.10 Å². The maximum absolute atomic E-state index is 13.6. The van der Waals surface area contributed by atoms with Gasteiger partial charge in [-0.15, -0.1) is 11.3 Å². The van der Waals surface area contributed by atoms with Crippen molar-refractivity contribution in [3.8, 4) is 5.75 Å². The summed E-state index contributed by atoms with van der Waals surface area (Å²) in [4.78, 5) is 2.39. The molecule has 1 heterocycles. The van der Waals surface area contributed by atoms with E-state index >= 15 is 0 Å². The summed E-state index contributed by atoms with van der Waals surface area (Å²) in [5.74, 6) is -0.149. The van der Waals surface area contributed by atoms with E-state index in [-0.39, 0.29) is 11.6 Å². The summed E-state index contributed by atoms with van der Waals surface area (Å²) in [6, 6.07) is 6.94. The van der Waals surface area contributed by atoms with Crippen molar-refractivity contribution in [2.45, 2.75) is 31.8 Å². The monoisotopic (exact) mass is 292 g/mol. The predicted molar refractivity (Wildman–Crippen MR) is 78.0 cm³/mol. The molecule has 0 saturated heterocycles. The van der Waals surface area contributed by atoms with E-state index in [9.17, 15) is 9.50 Å². The van der Waals surface area contributed by atoms with Crippen molar-refractivity contribution in [1.82, 2.24) is 0 Å². The van der Waals surface area contributed by atoms with Crippen molar-refractivity contribution < 1.29 is 14.2 Å². The van der Waals surface area contributed by atoms with Crippen molar-refractivity contribution in [1.29, 1.82) is 0 Å². The molecule has 1 aliphatic rings. The van der Waals surface area contributed by atoms with Gasteiger partial charge in [0.1, 0.15) is 0 Å². The Morgan fingerprint density at radius 2 is 2.20 bits per heavy atom. The number of rotatable bonds is 4. The number of aryl methyl sites for hydroxylation is 2. The Morgan fingerprint density at radius 1 is 1.35 bits per heavy atom. The van der Waals surface area contributed by atoms with Crippen LogP contribution < -0.4 is 4.74 Å². The number of aliphatic hydroxyl groups is 1. The van der Waals surface area contributed by atoms with Crippen LogP contribution in [0.3, 0.4) is 0 Å². The molecule has 0 amide bonds. The third-order valence-electron chi connectivity index (χ3n) is 3.74. The van der Waals surface area contributed by atoms with Gasteiger partial charge in [0.15, 0.2) is 11.6 Å². The van der Waals surface area contributed by atoms with Crippen LogP contribution in [-0.4, -0.2) is 12.2 Å². The SMILES string of the molecule is COc1ccc(CC(O)c2cc3c(s2)CCC3)cc1F. The number of halogens is 1. The van der Waals surface area contributed by atoms with Crippen LogP contribution in [0.25, 0.3) is 0 Å². The smallest absolute Gasteiger partial charge is 0.165 e. The fourth-order valence-electron chi connectivity index (χ4n) is 2.68. The highest BCUT2D eigenvalue weighted by molar-refractivity contribution is 7.12. The van der Waals surface area contributed by atoms with Crippen molar-refractivity contribution in [3.63, 3.8) is 0 Å². The third-order valence-corrected chi connectivity index (χ3v) is 5.08. The number of methoxy groups -OCH3 is 1. The number of ether oxygens (including phenoxy) is 1. The van der Waals surface area contributed by atoms with Crippen LogP contribution in [0.15, 0.2) is 24.3 Å². The molecule has 0 bridgehead atoms. The lowest BCUT2D eigenvalue weighted by molar-refractivity contribution is 0.182. The van der Waals surface area contributed by atoms with Crippen LogP contribution in [0.1, 0.15) is 33.4 Å². The van der Waals surface area contributed by atoms with E-state index in [0.29, 0.717) is 6.42 Å². The van der Waals surface area contributed by atoms with Crippen LogP contribution in [0.2, 0.25) is 0 Å². The molecule has 0 spiro atoms. The molecule has 2 aromatic rings. The number of thiophene rings is 1. The van der Waals surface area contributed by atoms with E-state index in [1.54, 1.807) is 23.5 Å². The van der Waals surface area contributed by atoms with Gasteiger partial charge in [-0.1, -0.05) is 6.07 Å². The first-order valence-corrected chi connectivity index (χ1v) is 7.61. The molecule has 4 heteroatoms. The molecule has 106 valence electrons. The third kappa shape index (κ3) is 2.58. The molecule has 1 aliphatic carbocycles. The average Bonchev–Trinajstić information content (AvgIpc) is 2.99. The van der Waals surface area contributed by atoms with E-state index in [2.05, 4.69) is 6.07 Å². The lowest BCUT2D eigenvalue weighted by atomic mass is 10.1. The molecule has 1 aromatic heterocycles. The molecule has 1 unspecified atom stereocenters. The van der Waals surface area contributed by atoms with Crippen LogP contribution in [0, 0.1) is 5.82 Å². The Balaban J connectivity index is 1.74. The second-order valence-corrected chi connectivity index (χ2v) is 6.31. The highest BCUT2D eigenvalue weighted by Gasteiger charge is 2.19. The molecule has 0 fully saturated rings. The molecule has 1 N–H and O–H groups in total. The van der Waals surface area contributed by atoms with Crippen molar-refractivity contribution in [2.75, 3.05) is 7.11 Å². The Labute approximate surface area is 121 Å². The number of hydrogen-bond donors (Lipinski definition) is 1. The minimum atomic E-state index is -0.557. The lowest BCUT2D eigenvalue weighted by Crippen LogP contribution is -2.00. The van der Waals surface area contributed by atoms with Crippen LogP contribution >= 0.6 is 11.3 Å². The fourth-order valence-corrected chi connectivity index (χ4v) is 3.92. The topological polar surface area (TPSA) is 29.5 Å². The summed E-state index contributed by atoms with van der Waals surface area (Å²) in [6.45, 7) is 0. The second kappa shape index (κ2) is 5.54. The first-order chi connectivity index (χ1) is 9.67. The normalized spacial score (nSPS) is 15.2. The van der Waals surface area contributed by atoms with E-state index in [1.165, 1.54) is 30.0 Å². The molecule has 1 atom stereocenters. The Morgan fingerprint density at radius 3 is 2.90 bits per heavy atom. The van der Waals surface area contributed by atoms with Gasteiger partial charge in [0.05, 0.1) is 13.2 Å². The zero-order chi connectivity index (χ0) is 14.1. The van der Waals surface area contributed by atoms with Crippen molar-refractivity contribution >= 4 is 11.3 Å². The van der Waals surface area contributed by atoms with E-state index in [4.69, 9.17) is 4.74 Å². The van der Waals surface area contributed by atoms with Gasteiger partial charge >= 0.3 is 0 Å². The van der Waals surface area contributed by atoms with Gasteiger partial charge in [-0.25, -0.2) is 4.39 Å². The summed E-state index contributed by atoms with van der Waals surface area (Å²) in [5, 5.41) is 10.3. The molecule has 0 radical (unpaired) electrons. The summed E-state index contributed by atoms with van der Waals surface area (Å²) in [6.07, 6.45) is 3.35. The standard InChI is InChI=1S/C16H17FO2S/c1-19-14-6-5-10(7-12(14)17)8-13(18)16-9-11-3-2-4-15(11)20-16/h5-7,9,13,18H,2-4,8H2,1H3. The average molecular weight is 292 g/mol. The Kier molecular flexibility index (Phi) is 3.76. The number of benzene rings is 1. The molecule has 20 heavy (non-hydrogen) atoms. The zero-order valence-corrected chi connectivity index (χ0v) is 12.2.